The van der Waals surface area contributed by atoms with Gasteiger partial charge in [-0.1, -0.05) is 63.5 Å². The van der Waals surface area contributed by atoms with Gasteiger partial charge in [0.25, 0.3) is 0 Å². The Balaban J connectivity index is 3.63. The molecule has 0 saturated carbocycles. The maximum absolute atomic E-state index is 10.8. The Morgan fingerprint density at radius 1 is 0.533 bits per heavy atom. The molecule has 0 aromatic carbocycles. The molecule has 0 heterocycles. The van der Waals surface area contributed by atoms with E-state index in [2.05, 4.69) is 12.2 Å². The molecule has 0 amide bonds. The van der Waals surface area contributed by atoms with E-state index in [0.717, 1.165) is 51.2 Å². The van der Waals surface area contributed by atoms with E-state index in [9.17, 15) is 35.1 Å². The number of unbranched alkanes of at least 4 members (excludes halogenated alkanes) is 13. The summed E-state index contributed by atoms with van der Waals surface area (Å²) in [6, 6.07) is 0. The summed E-state index contributed by atoms with van der Waals surface area (Å²) in [6.07, 6.45) is 18.7. The molecule has 172 valence electrons. The van der Waals surface area contributed by atoms with E-state index in [0.29, 0.717) is 12.8 Å². The fourth-order valence-electron chi connectivity index (χ4n) is 3.24. The zero-order chi connectivity index (χ0) is 22.7. The summed E-state index contributed by atoms with van der Waals surface area (Å²) >= 11 is 0. The first kappa shape index (κ1) is 27.6. The highest BCUT2D eigenvalue weighted by Crippen LogP contribution is 2.21. The van der Waals surface area contributed by atoms with Crippen molar-refractivity contribution < 1.29 is 19.6 Å². The SMILES string of the molecule is O=CCCCCCCCCC/C=C\CCCCCCCC([N+](=O)[O-])([N+](=O)[O-])[N+](=O)[O-]. The molecule has 0 atom stereocenters. The van der Waals surface area contributed by atoms with E-state index in [1.54, 1.807) is 0 Å². The van der Waals surface area contributed by atoms with Gasteiger partial charge in [0, 0.05) is 6.42 Å². The number of allylic oxidation sites excluding steroid dienone is 2. The Morgan fingerprint density at radius 2 is 0.867 bits per heavy atom. The van der Waals surface area contributed by atoms with Crippen molar-refractivity contribution in [1.29, 1.82) is 0 Å². The van der Waals surface area contributed by atoms with E-state index in [1.807, 2.05) is 0 Å². The largest absolute Gasteiger partial charge is 0.699 e. The van der Waals surface area contributed by atoms with Crippen LogP contribution >= 0.6 is 0 Å². The van der Waals surface area contributed by atoms with Gasteiger partial charge in [-0.2, -0.15) is 0 Å². The number of hydrogen-bond donors (Lipinski definition) is 0. The second-order valence-corrected chi connectivity index (χ2v) is 7.54. The predicted molar refractivity (Wildman–Crippen MR) is 113 cm³/mol. The molecule has 0 saturated heterocycles. The third-order valence-electron chi connectivity index (χ3n) is 5.12. The monoisotopic (exact) mass is 429 g/mol. The van der Waals surface area contributed by atoms with E-state index >= 15 is 0 Å². The first-order valence-corrected chi connectivity index (χ1v) is 10.9. The van der Waals surface area contributed by atoms with E-state index < -0.39 is 27.0 Å². The van der Waals surface area contributed by atoms with Crippen molar-refractivity contribution in [3.63, 3.8) is 0 Å². The van der Waals surface area contributed by atoms with Crippen LogP contribution in [0.4, 0.5) is 0 Å². The molecule has 0 aliphatic carbocycles. The average Bonchev–Trinajstić information content (AvgIpc) is 2.69. The van der Waals surface area contributed by atoms with Crippen molar-refractivity contribution >= 4 is 6.29 Å². The first-order valence-electron chi connectivity index (χ1n) is 10.9. The van der Waals surface area contributed by atoms with Gasteiger partial charge in [0.1, 0.15) is 6.29 Å². The molecule has 0 unspecified atom stereocenters. The van der Waals surface area contributed by atoms with Gasteiger partial charge in [-0.05, 0) is 38.5 Å². The number of nitrogens with zero attached hydrogens (tertiary/aromatic N) is 3. The lowest BCUT2D eigenvalue weighted by atomic mass is 10.1. The highest BCUT2D eigenvalue weighted by Gasteiger charge is 2.69. The van der Waals surface area contributed by atoms with Gasteiger partial charge < -0.3 is 4.79 Å². The van der Waals surface area contributed by atoms with E-state index in [4.69, 9.17) is 0 Å². The molecule has 0 aliphatic rings. The lowest BCUT2D eigenvalue weighted by Crippen LogP contribution is -2.53. The maximum atomic E-state index is 10.8. The summed E-state index contributed by atoms with van der Waals surface area (Å²) in [4.78, 5) is 38.4. The number of carbonyl (C=O) groups is 1. The second kappa shape index (κ2) is 17.5. The molecular weight excluding hydrogens is 394 g/mol. The zero-order valence-corrected chi connectivity index (χ0v) is 17.7. The minimum Gasteiger partial charge on any atom is -0.303 e. The van der Waals surface area contributed by atoms with Crippen LogP contribution in [0.15, 0.2) is 12.2 Å². The molecule has 0 spiro atoms. The van der Waals surface area contributed by atoms with Crippen LogP contribution < -0.4 is 0 Å². The number of nitro groups is 3. The molecule has 30 heavy (non-hydrogen) atoms. The number of aldehydes is 1. The van der Waals surface area contributed by atoms with Crippen LogP contribution in [0.3, 0.4) is 0 Å². The number of rotatable bonds is 21. The number of carbonyl (C=O) groups excluding carboxylic acids is 1. The van der Waals surface area contributed by atoms with Gasteiger partial charge in [0.2, 0.25) is 0 Å². The lowest BCUT2D eigenvalue weighted by molar-refractivity contribution is -0.970. The fraction of sp³-hybridized carbons (Fsp3) is 0.850. The summed E-state index contributed by atoms with van der Waals surface area (Å²) < 4.78 is 0. The number of hydrogen-bond acceptors (Lipinski definition) is 7. The third-order valence-corrected chi connectivity index (χ3v) is 5.12. The van der Waals surface area contributed by atoms with Crippen molar-refractivity contribution in [2.75, 3.05) is 0 Å². The van der Waals surface area contributed by atoms with Gasteiger partial charge in [-0.25, -0.2) is 0 Å². The van der Waals surface area contributed by atoms with Crippen LogP contribution in [0, 0.1) is 30.3 Å². The Hall–Kier alpha value is -2.39. The summed E-state index contributed by atoms with van der Waals surface area (Å²) in [7, 11) is 0. The van der Waals surface area contributed by atoms with Crippen molar-refractivity contribution in [3.05, 3.63) is 42.5 Å². The van der Waals surface area contributed by atoms with Crippen LogP contribution in [0.25, 0.3) is 0 Å². The molecule has 0 N–H and O–H groups in total. The Morgan fingerprint density at radius 3 is 1.23 bits per heavy atom. The van der Waals surface area contributed by atoms with Gasteiger partial charge in [-0.3, -0.25) is 30.3 Å². The highest BCUT2D eigenvalue weighted by molar-refractivity contribution is 5.48. The molecule has 0 fully saturated rings. The highest BCUT2D eigenvalue weighted by atomic mass is 16.7. The van der Waals surface area contributed by atoms with Gasteiger partial charge in [-0.15, -0.1) is 0 Å². The molecule has 0 aromatic rings. The standard InChI is InChI=1S/C20H35N3O7/c24-19-17-15-13-11-9-7-5-3-1-2-4-6-8-10-12-14-16-18-20(21(25)26,22(27)28)23(29)30/h2,4,19H,1,3,5-18H2/b4-2-. The minimum absolute atomic E-state index is 0.0792. The molecule has 10 nitrogen and oxygen atoms in total. The summed E-state index contributed by atoms with van der Waals surface area (Å²) in [6.45, 7) is 0. The van der Waals surface area contributed by atoms with Crippen LogP contribution in [0.2, 0.25) is 0 Å². The van der Waals surface area contributed by atoms with Crippen molar-refractivity contribution in [1.82, 2.24) is 0 Å². The lowest BCUT2D eigenvalue weighted by Gasteiger charge is -2.08. The average molecular weight is 430 g/mol. The summed E-state index contributed by atoms with van der Waals surface area (Å²) in [5.41, 5.74) is 0. The molecule has 0 bridgehead atoms. The molecule has 0 rings (SSSR count). The third kappa shape index (κ3) is 11.6. The Bertz CT molecular complexity index is 516. The second-order valence-electron chi connectivity index (χ2n) is 7.54. The Kier molecular flexibility index (Phi) is 16.1. The Labute approximate surface area is 177 Å². The molecular formula is C20H35N3O7. The molecule has 10 heteroatoms. The molecule has 0 radical (unpaired) electrons. The smallest absolute Gasteiger partial charge is 0.303 e. The van der Waals surface area contributed by atoms with Gasteiger partial charge >= 0.3 is 5.79 Å². The fourth-order valence-corrected chi connectivity index (χ4v) is 3.24. The van der Waals surface area contributed by atoms with E-state index in [1.165, 1.54) is 32.1 Å². The van der Waals surface area contributed by atoms with Crippen molar-refractivity contribution in [3.8, 4) is 0 Å². The molecule has 0 aliphatic heterocycles. The van der Waals surface area contributed by atoms with Crippen LogP contribution in [-0.4, -0.2) is 26.8 Å². The van der Waals surface area contributed by atoms with Gasteiger partial charge in [0.15, 0.2) is 21.2 Å². The van der Waals surface area contributed by atoms with Crippen molar-refractivity contribution in [2.24, 2.45) is 0 Å². The summed E-state index contributed by atoms with van der Waals surface area (Å²) in [5, 5.41) is 32.5. The van der Waals surface area contributed by atoms with E-state index in [-0.39, 0.29) is 6.42 Å². The summed E-state index contributed by atoms with van der Waals surface area (Å²) in [5.74, 6) is -3.32. The van der Waals surface area contributed by atoms with Crippen LogP contribution in [-0.2, 0) is 4.79 Å². The predicted octanol–water partition coefficient (Wildman–Crippen LogP) is 5.47. The van der Waals surface area contributed by atoms with Crippen LogP contribution in [0.5, 0.6) is 0 Å². The first-order chi connectivity index (χ1) is 14.4. The van der Waals surface area contributed by atoms with Gasteiger partial charge in [0.05, 0.1) is 0 Å². The topological polar surface area (TPSA) is 146 Å². The minimum atomic E-state index is -3.32. The van der Waals surface area contributed by atoms with Crippen LogP contribution in [0.1, 0.15) is 103 Å². The zero-order valence-electron chi connectivity index (χ0n) is 17.7. The van der Waals surface area contributed by atoms with Crippen molar-refractivity contribution in [2.45, 2.75) is 109 Å². The normalized spacial score (nSPS) is 11.6. The molecule has 0 aromatic heterocycles. The quantitative estimate of drug-likeness (QED) is 0.0587. The maximum Gasteiger partial charge on any atom is 0.699 e.